The third-order valence-electron chi connectivity index (χ3n) is 4.74. The highest BCUT2D eigenvalue weighted by Gasteiger charge is 2.34. The third kappa shape index (κ3) is 3.10. The molecule has 0 spiro atoms. The molecule has 0 aromatic carbocycles. The molecule has 1 aromatic rings. The summed E-state index contributed by atoms with van der Waals surface area (Å²) in [6.45, 7) is 0. The van der Waals surface area contributed by atoms with Crippen LogP contribution in [0.3, 0.4) is 0 Å². The molecule has 1 heterocycles. The zero-order valence-electron chi connectivity index (χ0n) is 11.9. The molecule has 3 rings (SSSR count). The van der Waals surface area contributed by atoms with Gasteiger partial charge in [-0.2, -0.15) is 5.10 Å². The molecule has 0 unspecified atom stereocenters. The summed E-state index contributed by atoms with van der Waals surface area (Å²) in [5.74, 6) is 0.177. The van der Waals surface area contributed by atoms with Crippen LogP contribution in [0.15, 0.2) is 4.90 Å². The first-order chi connectivity index (χ1) is 9.98. The van der Waals surface area contributed by atoms with Crippen molar-refractivity contribution in [1.29, 1.82) is 0 Å². The maximum Gasteiger partial charge on any atom is 0.266 e. The Bertz CT molecular complexity index is 615. The first-order valence-electron chi connectivity index (χ1n) is 7.71. The summed E-state index contributed by atoms with van der Waals surface area (Å²) >= 11 is 6.36. The van der Waals surface area contributed by atoms with Crippen LogP contribution in [0.2, 0.25) is 5.15 Å². The van der Waals surface area contributed by atoms with Gasteiger partial charge >= 0.3 is 0 Å². The van der Waals surface area contributed by atoms with Gasteiger partial charge in [0.15, 0.2) is 0 Å². The van der Waals surface area contributed by atoms with Crippen LogP contribution < -0.4 is 0 Å². The fourth-order valence-corrected chi connectivity index (χ4v) is 5.58. The molecule has 4 nitrogen and oxygen atoms in total. The molecule has 2 saturated carbocycles. The first kappa shape index (κ1) is 15.6. The Morgan fingerprint density at radius 3 is 2.14 bits per heavy atom. The van der Waals surface area contributed by atoms with E-state index >= 15 is 0 Å². The van der Waals surface area contributed by atoms with Crippen LogP contribution in [-0.2, 0) is 9.05 Å². The van der Waals surface area contributed by atoms with Crippen molar-refractivity contribution in [2.45, 2.75) is 74.6 Å². The maximum atomic E-state index is 12.0. The smallest absolute Gasteiger partial charge is 0.249 e. The number of halogens is 2. The van der Waals surface area contributed by atoms with E-state index in [9.17, 15) is 8.42 Å². The van der Waals surface area contributed by atoms with E-state index in [0.717, 1.165) is 51.4 Å². The number of hydrogen-bond donors (Lipinski definition) is 0. The predicted molar refractivity (Wildman–Crippen MR) is 83.6 cm³/mol. The van der Waals surface area contributed by atoms with Gasteiger partial charge in [-0.15, -0.1) is 0 Å². The SMILES string of the molecule is O=S(=O)(Cl)c1c(C2CCCC2)nn(C2CCCCC2)c1Cl. The summed E-state index contributed by atoms with van der Waals surface area (Å²) in [5, 5.41) is 4.81. The van der Waals surface area contributed by atoms with Gasteiger partial charge in [-0.3, -0.25) is 0 Å². The van der Waals surface area contributed by atoms with Crippen molar-refractivity contribution in [3.63, 3.8) is 0 Å². The Morgan fingerprint density at radius 2 is 1.57 bits per heavy atom. The molecule has 0 bridgehead atoms. The lowest BCUT2D eigenvalue weighted by atomic mass is 9.96. The molecule has 1 aromatic heterocycles. The van der Waals surface area contributed by atoms with Gasteiger partial charge in [0.25, 0.3) is 9.05 Å². The molecule has 0 aliphatic heterocycles. The molecule has 7 heteroatoms. The second kappa shape index (κ2) is 6.09. The minimum Gasteiger partial charge on any atom is -0.249 e. The molecule has 21 heavy (non-hydrogen) atoms. The minimum atomic E-state index is -3.86. The minimum absolute atomic E-state index is 0.0586. The van der Waals surface area contributed by atoms with E-state index in [4.69, 9.17) is 22.3 Å². The van der Waals surface area contributed by atoms with E-state index in [1.807, 2.05) is 0 Å². The van der Waals surface area contributed by atoms with Crippen LogP contribution in [0.25, 0.3) is 0 Å². The van der Waals surface area contributed by atoms with Gasteiger partial charge in [0.1, 0.15) is 10.0 Å². The number of nitrogens with zero attached hydrogens (tertiary/aromatic N) is 2. The lowest BCUT2D eigenvalue weighted by Crippen LogP contribution is -2.14. The second-order valence-corrected chi connectivity index (χ2v) is 9.02. The Labute approximate surface area is 135 Å². The molecule has 0 radical (unpaired) electrons. The van der Waals surface area contributed by atoms with Crippen molar-refractivity contribution in [2.24, 2.45) is 0 Å². The van der Waals surface area contributed by atoms with Crippen molar-refractivity contribution in [3.05, 3.63) is 10.8 Å². The van der Waals surface area contributed by atoms with E-state index in [2.05, 4.69) is 5.10 Å². The van der Waals surface area contributed by atoms with Crippen molar-refractivity contribution in [1.82, 2.24) is 9.78 Å². The Balaban J connectivity index is 2.05. The quantitative estimate of drug-likeness (QED) is 0.746. The lowest BCUT2D eigenvalue weighted by Gasteiger charge is -2.22. The molecule has 2 aliphatic rings. The third-order valence-corrected chi connectivity index (χ3v) is 6.57. The summed E-state index contributed by atoms with van der Waals surface area (Å²) in [5.41, 5.74) is 0.595. The van der Waals surface area contributed by atoms with Crippen molar-refractivity contribution >= 4 is 31.3 Å². The van der Waals surface area contributed by atoms with E-state index in [-0.39, 0.29) is 22.0 Å². The molecule has 0 amide bonds. The number of rotatable bonds is 3. The predicted octanol–water partition coefficient (Wildman–Crippen LogP) is 4.63. The van der Waals surface area contributed by atoms with Gasteiger partial charge < -0.3 is 0 Å². The van der Waals surface area contributed by atoms with Gasteiger partial charge in [0, 0.05) is 16.6 Å². The highest BCUT2D eigenvalue weighted by atomic mass is 35.7. The molecular formula is C14H20Cl2N2O2S. The molecule has 2 fully saturated rings. The lowest BCUT2D eigenvalue weighted by molar-refractivity contribution is 0.327. The zero-order chi connectivity index (χ0) is 15.0. The summed E-state index contributed by atoms with van der Waals surface area (Å²) < 4.78 is 25.6. The normalized spacial score (nSPS) is 22.0. The van der Waals surface area contributed by atoms with Crippen molar-refractivity contribution in [2.75, 3.05) is 0 Å². The highest BCUT2D eigenvalue weighted by Crippen LogP contribution is 2.42. The van der Waals surface area contributed by atoms with Crippen LogP contribution in [0.4, 0.5) is 0 Å². The fourth-order valence-electron chi connectivity index (χ4n) is 3.67. The largest absolute Gasteiger partial charge is 0.266 e. The van der Waals surface area contributed by atoms with Crippen molar-refractivity contribution in [3.8, 4) is 0 Å². The van der Waals surface area contributed by atoms with Crippen LogP contribution in [-0.4, -0.2) is 18.2 Å². The average Bonchev–Trinajstić information content (AvgIpc) is 3.05. The van der Waals surface area contributed by atoms with Gasteiger partial charge in [0.05, 0.1) is 11.7 Å². The fraction of sp³-hybridized carbons (Fsp3) is 0.786. The van der Waals surface area contributed by atoms with Crippen LogP contribution in [0, 0.1) is 0 Å². The molecule has 0 N–H and O–H groups in total. The monoisotopic (exact) mass is 350 g/mol. The van der Waals surface area contributed by atoms with Crippen LogP contribution >= 0.6 is 22.3 Å². The molecule has 118 valence electrons. The molecule has 2 aliphatic carbocycles. The van der Waals surface area contributed by atoms with Crippen molar-refractivity contribution < 1.29 is 8.42 Å². The summed E-state index contributed by atoms with van der Waals surface area (Å²) in [4.78, 5) is 0.0586. The standard InChI is InChI=1S/C14H20Cl2N2O2S/c15-14-13(21(16,19)20)12(10-6-4-5-7-10)17-18(14)11-8-2-1-3-9-11/h10-11H,1-9H2. The van der Waals surface area contributed by atoms with E-state index in [0.29, 0.717) is 5.69 Å². The van der Waals surface area contributed by atoms with Gasteiger partial charge in [0.2, 0.25) is 0 Å². The van der Waals surface area contributed by atoms with Crippen LogP contribution in [0.1, 0.15) is 75.4 Å². The Morgan fingerprint density at radius 1 is 1.00 bits per heavy atom. The van der Waals surface area contributed by atoms with Gasteiger partial charge in [-0.05, 0) is 25.7 Å². The number of hydrogen-bond acceptors (Lipinski definition) is 3. The summed E-state index contributed by atoms with van der Waals surface area (Å²) in [7, 11) is 1.77. The van der Waals surface area contributed by atoms with E-state index in [1.54, 1.807) is 4.68 Å². The number of aromatic nitrogens is 2. The van der Waals surface area contributed by atoms with E-state index < -0.39 is 9.05 Å². The molecular weight excluding hydrogens is 331 g/mol. The average molecular weight is 351 g/mol. The summed E-state index contributed by atoms with van der Waals surface area (Å²) in [6.07, 6.45) is 9.69. The Kier molecular flexibility index (Phi) is 4.53. The summed E-state index contributed by atoms with van der Waals surface area (Å²) in [6, 6.07) is 0.207. The molecule has 0 saturated heterocycles. The van der Waals surface area contributed by atoms with Gasteiger partial charge in [-0.25, -0.2) is 13.1 Å². The highest BCUT2D eigenvalue weighted by molar-refractivity contribution is 8.13. The van der Waals surface area contributed by atoms with E-state index in [1.165, 1.54) is 6.42 Å². The topological polar surface area (TPSA) is 52.0 Å². The zero-order valence-corrected chi connectivity index (χ0v) is 14.2. The maximum absolute atomic E-state index is 12.0. The second-order valence-electron chi connectivity index (χ2n) is 6.16. The van der Waals surface area contributed by atoms with Crippen LogP contribution in [0.5, 0.6) is 0 Å². The Hall–Kier alpha value is -0.260. The van der Waals surface area contributed by atoms with Gasteiger partial charge in [-0.1, -0.05) is 43.7 Å². The molecule has 0 atom stereocenters. The first-order valence-corrected chi connectivity index (χ1v) is 10.4.